The van der Waals surface area contributed by atoms with Crippen LogP contribution in [0, 0.1) is 0 Å². The van der Waals surface area contributed by atoms with Gasteiger partial charge in [-0.3, -0.25) is 48.3 Å². The molecule has 5 atom stereocenters. The van der Waals surface area contributed by atoms with Crippen LogP contribution >= 0.6 is 0 Å². The summed E-state index contributed by atoms with van der Waals surface area (Å²) in [5.41, 5.74) is 29.8. The number of carbonyl (C=O) groups excluding carboxylic acids is 5. The van der Waals surface area contributed by atoms with Crippen molar-refractivity contribution in [2.75, 3.05) is 55.2 Å². The number of aliphatic carboxylic acids is 2. The van der Waals surface area contributed by atoms with Gasteiger partial charge in [0.15, 0.2) is 34.6 Å². The van der Waals surface area contributed by atoms with Crippen LogP contribution in [-0.2, 0) is 51.9 Å². The number of aryl methyl sites for hydroxylation is 1. The second-order valence-electron chi connectivity index (χ2n) is 24.6. The van der Waals surface area contributed by atoms with Gasteiger partial charge in [0.2, 0.25) is 34.9 Å². The Morgan fingerprint density at radius 1 is 0.796 bits per heavy atom. The van der Waals surface area contributed by atoms with E-state index >= 15 is 0 Å². The van der Waals surface area contributed by atoms with Crippen LogP contribution in [0.4, 0.5) is 23.0 Å². The van der Waals surface area contributed by atoms with Crippen molar-refractivity contribution in [1.82, 2.24) is 51.1 Å². The smallest absolute Gasteiger partial charge is 0.326 e. The van der Waals surface area contributed by atoms with E-state index in [0.29, 0.717) is 64.6 Å². The third-order valence-electron chi connectivity index (χ3n) is 16.9. The molecule has 34 nitrogen and oxygen atoms in total. The van der Waals surface area contributed by atoms with Crippen LogP contribution in [-0.4, -0.2) is 165 Å². The van der Waals surface area contributed by atoms with Gasteiger partial charge in [-0.2, -0.15) is 13.4 Å². The first kappa shape index (κ1) is 73.2. The van der Waals surface area contributed by atoms with Gasteiger partial charge in [-0.25, -0.2) is 29.1 Å². The topological polar surface area (TPSA) is 541 Å². The first-order valence-electron chi connectivity index (χ1n) is 32.2. The highest BCUT2D eigenvalue weighted by Crippen LogP contribution is 2.50. The molecule has 0 spiro atoms. The number of nitrogen functional groups attached to an aromatic ring is 1. The second-order valence-corrected chi connectivity index (χ2v) is 26.2. The summed E-state index contributed by atoms with van der Waals surface area (Å²) in [4.78, 5) is 135. The fourth-order valence-electron chi connectivity index (χ4n) is 11.9. The van der Waals surface area contributed by atoms with Gasteiger partial charge < -0.3 is 80.4 Å². The number of hydrogen-bond acceptors (Lipinski definition) is 20. The number of nitrogens with zero attached hydrogens (tertiary/aromatic N) is 8. The number of aliphatic imine (C=N–C) groups is 2. The number of fused-ring (bicyclic) bond motifs is 5. The predicted octanol–water partition coefficient (Wildman–Crippen LogP) is -0.285. The molecule has 8 rings (SSSR count). The Labute approximate surface area is 563 Å². The summed E-state index contributed by atoms with van der Waals surface area (Å²) in [7, 11) is -4.56. The average Bonchev–Trinajstić information content (AvgIpc) is 0.731. The lowest BCUT2D eigenvalue weighted by Gasteiger charge is -2.47. The molecule has 5 heterocycles. The summed E-state index contributed by atoms with van der Waals surface area (Å²) in [6, 6.07) is 7.60. The Kier molecular flexibility index (Phi) is 24.6. The number of guanidine groups is 2. The maximum absolute atomic E-state index is 14.1. The van der Waals surface area contributed by atoms with Crippen molar-refractivity contribution in [3.05, 3.63) is 98.2 Å². The minimum absolute atomic E-state index is 0.00938. The van der Waals surface area contributed by atoms with Crippen molar-refractivity contribution in [3.63, 3.8) is 0 Å². The summed E-state index contributed by atoms with van der Waals surface area (Å²) in [5.74, 6) is -6.05. The van der Waals surface area contributed by atoms with Crippen LogP contribution in [0.15, 0.2) is 74.5 Å². The molecule has 2 aromatic heterocycles. The maximum atomic E-state index is 14.1. The molecule has 3 unspecified atom stereocenters. The minimum Gasteiger partial charge on any atom is -0.480 e. The van der Waals surface area contributed by atoms with Crippen molar-refractivity contribution in [2.24, 2.45) is 37.9 Å². The monoisotopic (exact) mass is 1380 g/mol. The zero-order valence-electron chi connectivity index (χ0n) is 54.6. The number of carboxylic acids is 2. The number of H-pyrrole nitrogens is 1. The van der Waals surface area contributed by atoms with Gasteiger partial charge in [0.25, 0.3) is 21.6 Å². The van der Waals surface area contributed by atoms with Gasteiger partial charge in [0, 0.05) is 79.5 Å². The van der Waals surface area contributed by atoms with Crippen molar-refractivity contribution in [2.45, 2.75) is 152 Å². The van der Waals surface area contributed by atoms with Gasteiger partial charge in [0.05, 0.1) is 24.5 Å². The summed E-state index contributed by atoms with van der Waals surface area (Å²) in [6.45, 7) is 8.25. The highest BCUT2D eigenvalue weighted by atomic mass is 32.2. The molecule has 0 aliphatic carbocycles. The summed E-state index contributed by atoms with van der Waals surface area (Å²) in [6.07, 6.45) is 3.39. The highest BCUT2D eigenvalue weighted by Gasteiger charge is 2.44. The number of unbranched alkanes of at least 4 members (excludes halogenated alkanes) is 1. The van der Waals surface area contributed by atoms with Gasteiger partial charge in [-0.05, 0) is 133 Å². The molecule has 3 aromatic carbocycles. The number of nitrogens with one attached hydrogen (secondary N) is 7. The molecule has 0 bridgehead atoms. The number of carboxylic acid groups (broad SMARTS) is 2. The summed E-state index contributed by atoms with van der Waals surface area (Å²) in [5, 5.41) is 36.8. The van der Waals surface area contributed by atoms with E-state index in [0.717, 1.165) is 36.9 Å². The summed E-state index contributed by atoms with van der Waals surface area (Å²) < 4.78 is 45.2. The molecular weight excluding hydrogens is 1290 g/mol. The zero-order chi connectivity index (χ0) is 71.0. The SMILES string of the molecule is CC[N+]1=c2cc3c(cc2CCC1)=Nc1cc2c(cc1O3)N(CCCC(=O)NCCCCC(NC(=O)[C@H](CCCN=C(N)N)NC(=O)[C@H](CCCN=C(N)N)NC(=O)CCC(NC(=O)c1ccc(NCc3cnc4nc(N)[nH]c(=O)c4n3)cc1)C(=O)O)C(=O)O)C(C)(C)CC2S(=O)(=O)O. The first-order chi connectivity index (χ1) is 46.6. The number of benzene rings is 3. The molecule has 35 heteroatoms. The third kappa shape index (κ3) is 19.8. The average molecular weight is 1380 g/mol. The van der Waals surface area contributed by atoms with Gasteiger partial charge in [0.1, 0.15) is 53.6 Å². The van der Waals surface area contributed by atoms with E-state index < -0.39 is 99.0 Å². The Morgan fingerprint density at radius 2 is 1.45 bits per heavy atom. The summed E-state index contributed by atoms with van der Waals surface area (Å²) >= 11 is 0. The fraction of sp³-hybridized carbons (Fsp3) is 0.476. The third-order valence-corrected chi connectivity index (χ3v) is 18.1. The predicted molar refractivity (Wildman–Crippen MR) is 362 cm³/mol. The highest BCUT2D eigenvalue weighted by molar-refractivity contribution is 7.86. The maximum Gasteiger partial charge on any atom is 0.326 e. The normalized spacial score (nSPS) is 15.5. The molecule has 0 saturated heterocycles. The Bertz CT molecular complexity index is 4200. The van der Waals surface area contributed by atoms with Crippen LogP contribution < -0.4 is 91.1 Å². The fourth-order valence-corrected chi connectivity index (χ4v) is 13.0. The molecule has 0 fully saturated rings. The lowest BCUT2D eigenvalue weighted by Crippen LogP contribution is -2.55. The van der Waals surface area contributed by atoms with E-state index in [2.05, 4.69) is 73.3 Å². The number of anilines is 3. The van der Waals surface area contributed by atoms with E-state index in [9.17, 15) is 61.5 Å². The van der Waals surface area contributed by atoms with Crippen LogP contribution in [0.2, 0.25) is 0 Å². The number of carbonyl (C=O) groups is 7. The van der Waals surface area contributed by atoms with Gasteiger partial charge in [-0.15, -0.1) is 0 Å². The number of amides is 5. The molecule has 0 radical (unpaired) electrons. The van der Waals surface area contributed by atoms with Crippen molar-refractivity contribution in [3.8, 4) is 11.5 Å². The van der Waals surface area contributed by atoms with Crippen LogP contribution in [0.25, 0.3) is 11.2 Å². The minimum atomic E-state index is -4.56. The number of ether oxygens (including phenoxy) is 1. The van der Waals surface area contributed by atoms with Gasteiger partial charge >= 0.3 is 11.9 Å². The van der Waals surface area contributed by atoms with Gasteiger partial charge in [-0.1, -0.05) is 0 Å². The Balaban J connectivity index is 0.827. The van der Waals surface area contributed by atoms with E-state index in [-0.39, 0.29) is 118 Å². The lowest BCUT2D eigenvalue weighted by atomic mass is 9.85. The van der Waals surface area contributed by atoms with E-state index in [1.165, 1.54) is 18.3 Å². The molecule has 526 valence electrons. The van der Waals surface area contributed by atoms with Crippen LogP contribution in [0.3, 0.4) is 0 Å². The number of nitrogens with two attached hydrogens (primary N) is 5. The molecule has 5 amide bonds. The molecule has 3 aliphatic rings. The standard InChI is InChI=1S/C63H84N20O14S/c1-4-82-25-9-11-35-27-43-47(29-45(35)82)97-48-30-46-38(28-44(48)75-43)49(98(94,95)96)31-63(2,3)83(46)26-10-15-50(84)69-22-6-5-12-41(58(90)91)79-56(88)40(14-8-24-71-61(66)67)77-55(87)39(13-7-23-70-60(64)65)76-51(85)21-20-42(59(92)93)78-54(86)34-16-18-36(19-17-34)72-32-37-33-73-53-52(74-37)57(89)81-62(68)80-53/h16-19,27-30,33,39-42,49H,4-15,20-26,31-32H2,1-3H3,(H19-,64,65,66,67,68,69,70,71,72,73,76,77,78,79,80,81,84,85,86,87,88,89,90,91,92,93,94,95,96)/p+1/t39-,40-,41?,42?,49?/m0/s1. The van der Waals surface area contributed by atoms with Crippen LogP contribution in [0.5, 0.6) is 11.5 Å². The number of rotatable bonds is 34. The molecule has 98 heavy (non-hydrogen) atoms. The molecule has 20 N–H and O–H groups in total. The molecule has 5 aromatic rings. The molecule has 0 saturated carbocycles. The lowest BCUT2D eigenvalue weighted by molar-refractivity contribution is -0.142. The van der Waals surface area contributed by atoms with E-state index in [4.69, 9.17) is 38.4 Å². The quantitative estimate of drug-likeness (QED) is 0.00812. The molecule has 3 aliphatic heterocycles. The Morgan fingerprint density at radius 3 is 2.10 bits per heavy atom. The van der Waals surface area contributed by atoms with Crippen molar-refractivity contribution < 1.29 is 61.5 Å². The van der Waals surface area contributed by atoms with Crippen molar-refractivity contribution >= 4 is 97.7 Å². The number of aromatic amines is 1. The largest absolute Gasteiger partial charge is 0.480 e. The zero-order valence-corrected chi connectivity index (χ0v) is 55.5. The van der Waals surface area contributed by atoms with E-state index in [1.807, 2.05) is 30.9 Å². The Hall–Kier alpha value is -10.6. The van der Waals surface area contributed by atoms with Crippen molar-refractivity contribution in [1.29, 1.82) is 0 Å². The number of hydrogen-bond donors (Lipinski definition) is 15. The molecular formula is C63H85N20O14S+. The first-order valence-corrected chi connectivity index (χ1v) is 33.7. The second kappa shape index (κ2) is 32.9. The van der Waals surface area contributed by atoms with E-state index in [1.54, 1.807) is 24.3 Å². The van der Waals surface area contributed by atoms with Crippen LogP contribution in [0.1, 0.15) is 137 Å². The number of aromatic nitrogens is 4.